The summed E-state index contributed by atoms with van der Waals surface area (Å²) in [5, 5.41) is 3.69. The van der Waals surface area contributed by atoms with Crippen molar-refractivity contribution in [1.82, 2.24) is 10.2 Å². The summed E-state index contributed by atoms with van der Waals surface area (Å²) in [6.45, 7) is 14.9. The summed E-state index contributed by atoms with van der Waals surface area (Å²) in [6.07, 6.45) is 2.35. The van der Waals surface area contributed by atoms with E-state index in [1.165, 1.54) is 16.2 Å². The quantitative estimate of drug-likeness (QED) is 0.905. The molecule has 0 aromatic carbocycles. The highest BCUT2D eigenvalue weighted by Gasteiger charge is 2.39. The van der Waals surface area contributed by atoms with Crippen LogP contribution in [0.4, 0.5) is 0 Å². The highest BCUT2D eigenvalue weighted by Crippen LogP contribution is 2.30. The van der Waals surface area contributed by atoms with Crippen LogP contribution >= 0.6 is 11.3 Å². The highest BCUT2D eigenvalue weighted by atomic mass is 32.1. The number of thiophene rings is 1. The smallest absolute Gasteiger partial charge is 0.0334 e. The van der Waals surface area contributed by atoms with Crippen molar-refractivity contribution in [2.24, 2.45) is 0 Å². The lowest BCUT2D eigenvalue weighted by atomic mass is 9.88. The standard InChI is InChI=1S/C16H28N2S/c1-6-13-8-9-14(19-13)10-18-12-15(3,4)17-11-16(18,5)7-2/h8-9,17H,6-7,10-12H2,1-5H3. The van der Waals surface area contributed by atoms with Gasteiger partial charge in [-0.05, 0) is 45.7 Å². The molecule has 0 bridgehead atoms. The second kappa shape index (κ2) is 5.55. The molecule has 19 heavy (non-hydrogen) atoms. The number of nitrogens with zero attached hydrogens (tertiary/aromatic N) is 1. The van der Waals surface area contributed by atoms with E-state index in [1.54, 1.807) is 0 Å². The zero-order valence-corrected chi connectivity index (χ0v) is 13.9. The third kappa shape index (κ3) is 3.39. The number of aryl methyl sites for hydroxylation is 1. The summed E-state index contributed by atoms with van der Waals surface area (Å²) >= 11 is 1.98. The van der Waals surface area contributed by atoms with Gasteiger partial charge in [-0.3, -0.25) is 4.90 Å². The van der Waals surface area contributed by atoms with Gasteiger partial charge in [0, 0.05) is 40.5 Å². The van der Waals surface area contributed by atoms with Crippen LogP contribution in [0.1, 0.15) is 50.8 Å². The molecule has 1 unspecified atom stereocenters. The maximum Gasteiger partial charge on any atom is 0.0334 e. The molecule has 0 aliphatic carbocycles. The fourth-order valence-corrected chi connectivity index (χ4v) is 3.72. The van der Waals surface area contributed by atoms with Crippen LogP contribution in [0.25, 0.3) is 0 Å². The van der Waals surface area contributed by atoms with Gasteiger partial charge < -0.3 is 5.32 Å². The van der Waals surface area contributed by atoms with E-state index in [0.717, 1.165) is 26.1 Å². The van der Waals surface area contributed by atoms with E-state index in [-0.39, 0.29) is 11.1 Å². The molecule has 1 aromatic rings. The minimum absolute atomic E-state index is 0.222. The van der Waals surface area contributed by atoms with E-state index in [9.17, 15) is 0 Å². The minimum atomic E-state index is 0.222. The lowest BCUT2D eigenvalue weighted by Crippen LogP contribution is -2.66. The van der Waals surface area contributed by atoms with E-state index in [4.69, 9.17) is 0 Å². The van der Waals surface area contributed by atoms with Crippen molar-refractivity contribution >= 4 is 11.3 Å². The van der Waals surface area contributed by atoms with Crippen LogP contribution in [-0.2, 0) is 13.0 Å². The molecule has 1 aromatic heterocycles. The van der Waals surface area contributed by atoms with E-state index >= 15 is 0 Å². The van der Waals surface area contributed by atoms with Crippen LogP contribution in [-0.4, -0.2) is 29.1 Å². The molecule has 2 nitrogen and oxygen atoms in total. The molecule has 1 aliphatic rings. The average Bonchev–Trinajstić information content (AvgIpc) is 2.82. The number of piperazine rings is 1. The van der Waals surface area contributed by atoms with Gasteiger partial charge in [0.2, 0.25) is 0 Å². The molecule has 108 valence electrons. The lowest BCUT2D eigenvalue weighted by molar-refractivity contribution is 0.0183. The normalized spacial score (nSPS) is 27.6. The van der Waals surface area contributed by atoms with Gasteiger partial charge in [-0.15, -0.1) is 11.3 Å². The summed E-state index contributed by atoms with van der Waals surface area (Å²) in [5.41, 5.74) is 0.505. The van der Waals surface area contributed by atoms with Crippen molar-refractivity contribution in [2.45, 2.75) is 65.1 Å². The predicted octanol–water partition coefficient (Wildman–Crippen LogP) is 3.66. The zero-order chi connectivity index (χ0) is 14.1. The topological polar surface area (TPSA) is 15.3 Å². The van der Waals surface area contributed by atoms with E-state index in [2.05, 4.69) is 57.0 Å². The van der Waals surface area contributed by atoms with Crippen LogP contribution in [0.3, 0.4) is 0 Å². The van der Waals surface area contributed by atoms with Crippen molar-refractivity contribution in [1.29, 1.82) is 0 Å². The minimum Gasteiger partial charge on any atom is -0.309 e. The fraction of sp³-hybridized carbons (Fsp3) is 0.750. The number of nitrogens with one attached hydrogen (secondary N) is 1. The van der Waals surface area contributed by atoms with Crippen LogP contribution in [0, 0.1) is 0 Å². The Morgan fingerprint density at radius 2 is 1.89 bits per heavy atom. The molecule has 0 amide bonds. The molecule has 1 saturated heterocycles. The van der Waals surface area contributed by atoms with Gasteiger partial charge in [0.1, 0.15) is 0 Å². The summed E-state index contributed by atoms with van der Waals surface area (Å²) in [5.74, 6) is 0. The Hall–Kier alpha value is -0.380. The number of rotatable bonds is 4. The average molecular weight is 280 g/mol. The van der Waals surface area contributed by atoms with Gasteiger partial charge >= 0.3 is 0 Å². The van der Waals surface area contributed by atoms with Crippen molar-refractivity contribution in [3.63, 3.8) is 0 Å². The molecule has 0 saturated carbocycles. The Morgan fingerprint density at radius 1 is 1.21 bits per heavy atom. The molecule has 0 radical (unpaired) electrons. The van der Waals surface area contributed by atoms with Crippen LogP contribution in [0.15, 0.2) is 12.1 Å². The Kier molecular flexibility index (Phi) is 4.38. The summed E-state index contributed by atoms with van der Waals surface area (Å²) in [4.78, 5) is 5.69. The summed E-state index contributed by atoms with van der Waals surface area (Å²) in [7, 11) is 0. The molecule has 1 N–H and O–H groups in total. The third-order valence-electron chi connectivity index (χ3n) is 4.47. The Balaban J connectivity index is 2.13. The second-order valence-corrected chi connectivity index (χ2v) is 7.92. The first-order valence-corrected chi connectivity index (χ1v) is 8.28. The van der Waals surface area contributed by atoms with Crippen molar-refractivity contribution in [2.75, 3.05) is 13.1 Å². The van der Waals surface area contributed by atoms with Crippen LogP contribution < -0.4 is 5.32 Å². The summed E-state index contributed by atoms with van der Waals surface area (Å²) in [6, 6.07) is 4.60. The Bertz CT molecular complexity index is 424. The highest BCUT2D eigenvalue weighted by molar-refractivity contribution is 7.11. The van der Waals surface area contributed by atoms with Crippen LogP contribution in [0.2, 0.25) is 0 Å². The maximum absolute atomic E-state index is 3.69. The van der Waals surface area contributed by atoms with Gasteiger partial charge in [-0.1, -0.05) is 13.8 Å². The fourth-order valence-electron chi connectivity index (χ4n) is 2.75. The molecule has 3 heteroatoms. The van der Waals surface area contributed by atoms with Gasteiger partial charge in [-0.25, -0.2) is 0 Å². The molecule has 0 spiro atoms. The number of hydrogen-bond acceptors (Lipinski definition) is 3. The van der Waals surface area contributed by atoms with Crippen molar-refractivity contribution in [3.8, 4) is 0 Å². The van der Waals surface area contributed by atoms with E-state index in [1.807, 2.05) is 11.3 Å². The van der Waals surface area contributed by atoms with Gasteiger partial charge in [-0.2, -0.15) is 0 Å². The third-order valence-corrected chi connectivity index (χ3v) is 5.69. The maximum atomic E-state index is 3.69. The lowest BCUT2D eigenvalue weighted by Gasteiger charge is -2.51. The largest absolute Gasteiger partial charge is 0.309 e. The SMILES string of the molecule is CCc1ccc(CN2CC(C)(C)NCC2(C)CC)s1. The first-order chi connectivity index (χ1) is 8.88. The summed E-state index contributed by atoms with van der Waals surface area (Å²) < 4.78 is 0. The molecule has 2 rings (SSSR count). The molecular weight excluding hydrogens is 252 g/mol. The van der Waals surface area contributed by atoms with E-state index in [0.29, 0.717) is 0 Å². The van der Waals surface area contributed by atoms with Gasteiger partial charge in [0.15, 0.2) is 0 Å². The van der Waals surface area contributed by atoms with Crippen molar-refractivity contribution < 1.29 is 0 Å². The second-order valence-electron chi connectivity index (χ2n) is 6.67. The first kappa shape index (κ1) is 15.0. The molecular formula is C16H28N2S. The van der Waals surface area contributed by atoms with Gasteiger partial charge in [0.25, 0.3) is 0 Å². The predicted molar refractivity (Wildman–Crippen MR) is 84.9 cm³/mol. The first-order valence-electron chi connectivity index (χ1n) is 7.46. The van der Waals surface area contributed by atoms with Crippen molar-refractivity contribution in [3.05, 3.63) is 21.9 Å². The zero-order valence-electron chi connectivity index (χ0n) is 13.0. The van der Waals surface area contributed by atoms with Gasteiger partial charge in [0.05, 0.1) is 0 Å². The molecule has 1 aliphatic heterocycles. The van der Waals surface area contributed by atoms with Crippen LogP contribution in [0.5, 0.6) is 0 Å². The molecule has 1 atom stereocenters. The Labute approximate surface area is 122 Å². The molecule has 1 fully saturated rings. The Morgan fingerprint density at radius 3 is 2.47 bits per heavy atom. The van der Waals surface area contributed by atoms with E-state index < -0.39 is 0 Å². The number of hydrogen-bond donors (Lipinski definition) is 1. The molecule has 2 heterocycles. The monoisotopic (exact) mass is 280 g/mol.